The molecular weight excluding hydrogens is 244 g/mol. The summed E-state index contributed by atoms with van der Waals surface area (Å²) in [5.74, 6) is -0.456. The van der Waals surface area contributed by atoms with Crippen molar-refractivity contribution in [3.8, 4) is 0 Å². The highest BCUT2D eigenvalue weighted by Crippen LogP contribution is 2.25. The van der Waals surface area contributed by atoms with Crippen molar-refractivity contribution >= 4 is 12.0 Å². The van der Waals surface area contributed by atoms with E-state index in [1.807, 2.05) is 4.90 Å². The van der Waals surface area contributed by atoms with Crippen molar-refractivity contribution in [2.24, 2.45) is 11.8 Å². The van der Waals surface area contributed by atoms with Crippen molar-refractivity contribution < 1.29 is 14.7 Å². The summed E-state index contributed by atoms with van der Waals surface area (Å²) in [7, 11) is 0. The molecule has 2 fully saturated rings. The van der Waals surface area contributed by atoms with Gasteiger partial charge in [-0.1, -0.05) is 13.3 Å². The van der Waals surface area contributed by atoms with Crippen LogP contribution in [-0.4, -0.2) is 41.1 Å². The van der Waals surface area contributed by atoms with Crippen LogP contribution >= 0.6 is 0 Å². The standard InChI is InChI=1S/C14H24N2O3/c1-10-4-3-7-16(9-10)14(19)15-12-6-2-5-11(8-12)13(17)18/h10-12H,2-9H2,1H3,(H,15,19)(H,17,18). The van der Waals surface area contributed by atoms with Crippen LogP contribution in [0.3, 0.4) is 0 Å². The van der Waals surface area contributed by atoms with Gasteiger partial charge in [-0.25, -0.2) is 4.79 Å². The van der Waals surface area contributed by atoms with E-state index >= 15 is 0 Å². The highest BCUT2D eigenvalue weighted by atomic mass is 16.4. The van der Waals surface area contributed by atoms with Crippen LogP contribution in [0, 0.1) is 11.8 Å². The highest BCUT2D eigenvalue weighted by Gasteiger charge is 2.29. The Hall–Kier alpha value is -1.26. The quantitative estimate of drug-likeness (QED) is 0.805. The van der Waals surface area contributed by atoms with Gasteiger partial charge in [-0.3, -0.25) is 4.79 Å². The number of carbonyl (C=O) groups excluding carboxylic acids is 1. The number of hydrogen-bond donors (Lipinski definition) is 2. The van der Waals surface area contributed by atoms with E-state index in [1.54, 1.807) is 0 Å². The lowest BCUT2D eigenvalue weighted by molar-refractivity contribution is -0.143. The van der Waals surface area contributed by atoms with Crippen LogP contribution in [-0.2, 0) is 4.79 Å². The number of hydrogen-bond acceptors (Lipinski definition) is 2. The van der Waals surface area contributed by atoms with Gasteiger partial charge in [0, 0.05) is 19.1 Å². The zero-order valence-electron chi connectivity index (χ0n) is 11.6. The molecule has 3 atom stereocenters. The number of rotatable bonds is 2. The lowest BCUT2D eigenvalue weighted by atomic mass is 9.86. The first-order chi connectivity index (χ1) is 9.06. The Balaban J connectivity index is 1.82. The topological polar surface area (TPSA) is 69.6 Å². The molecule has 2 amide bonds. The predicted molar refractivity (Wildman–Crippen MR) is 71.9 cm³/mol. The van der Waals surface area contributed by atoms with E-state index in [4.69, 9.17) is 5.11 Å². The third-order valence-electron chi connectivity index (χ3n) is 4.30. The second-order valence-corrected chi connectivity index (χ2v) is 6.04. The Morgan fingerprint density at radius 2 is 2.00 bits per heavy atom. The molecule has 0 radical (unpaired) electrons. The molecule has 3 unspecified atom stereocenters. The summed E-state index contributed by atoms with van der Waals surface area (Å²) in [6.07, 6.45) is 5.36. The molecule has 2 rings (SSSR count). The van der Waals surface area contributed by atoms with Crippen LogP contribution in [0.25, 0.3) is 0 Å². The zero-order valence-corrected chi connectivity index (χ0v) is 11.6. The first kappa shape index (κ1) is 14.2. The van der Waals surface area contributed by atoms with E-state index in [0.29, 0.717) is 12.3 Å². The number of nitrogens with zero attached hydrogens (tertiary/aromatic N) is 1. The van der Waals surface area contributed by atoms with Crippen molar-refractivity contribution in [3.05, 3.63) is 0 Å². The van der Waals surface area contributed by atoms with Crippen LogP contribution in [0.4, 0.5) is 4.79 Å². The molecule has 2 aliphatic rings. The number of carboxylic acid groups (broad SMARTS) is 1. The maximum Gasteiger partial charge on any atom is 0.317 e. The van der Waals surface area contributed by atoms with Gasteiger partial charge < -0.3 is 15.3 Å². The van der Waals surface area contributed by atoms with Gasteiger partial charge in [-0.05, 0) is 38.0 Å². The van der Waals surface area contributed by atoms with Crippen molar-refractivity contribution in [1.29, 1.82) is 0 Å². The number of likely N-dealkylation sites (tertiary alicyclic amines) is 1. The van der Waals surface area contributed by atoms with Crippen LogP contribution in [0.5, 0.6) is 0 Å². The lowest BCUT2D eigenvalue weighted by Gasteiger charge is -2.34. The van der Waals surface area contributed by atoms with Crippen molar-refractivity contribution in [1.82, 2.24) is 10.2 Å². The molecule has 0 aromatic heterocycles. The molecule has 5 heteroatoms. The average Bonchev–Trinajstić information content (AvgIpc) is 2.39. The Morgan fingerprint density at radius 3 is 2.68 bits per heavy atom. The van der Waals surface area contributed by atoms with Gasteiger partial charge in [-0.2, -0.15) is 0 Å². The summed E-state index contributed by atoms with van der Waals surface area (Å²) in [6, 6.07) is 0.0159. The second kappa shape index (κ2) is 6.26. The molecule has 0 aromatic carbocycles. The van der Waals surface area contributed by atoms with Gasteiger partial charge in [-0.15, -0.1) is 0 Å². The lowest BCUT2D eigenvalue weighted by Crippen LogP contribution is -2.49. The van der Waals surface area contributed by atoms with E-state index in [2.05, 4.69) is 12.2 Å². The third-order valence-corrected chi connectivity index (χ3v) is 4.30. The van der Waals surface area contributed by atoms with E-state index < -0.39 is 5.97 Å². The minimum atomic E-state index is -0.731. The number of amides is 2. The Bertz CT molecular complexity index is 346. The molecule has 0 spiro atoms. The summed E-state index contributed by atoms with van der Waals surface area (Å²) in [5.41, 5.74) is 0. The summed E-state index contributed by atoms with van der Waals surface area (Å²) in [5, 5.41) is 12.1. The van der Waals surface area contributed by atoms with Gasteiger partial charge in [0.15, 0.2) is 0 Å². The maximum atomic E-state index is 12.2. The summed E-state index contributed by atoms with van der Waals surface area (Å²) in [4.78, 5) is 25.0. The zero-order chi connectivity index (χ0) is 13.8. The van der Waals surface area contributed by atoms with Gasteiger partial charge in [0.25, 0.3) is 0 Å². The average molecular weight is 268 g/mol. The smallest absolute Gasteiger partial charge is 0.317 e. The third kappa shape index (κ3) is 3.85. The summed E-state index contributed by atoms with van der Waals surface area (Å²) < 4.78 is 0. The second-order valence-electron chi connectivity index (χ2n) is 6.04. The number of urea groups is 1. The molecule has 0 bridgehead atoms. The normalized spacial score (nSPS) is 31.8. The summed E-state index contributed by atoms with van der Waals surface area (Å²) in [6.45, 7) is 3.81. The Labute approximate surface area is 114 Å². The van der Waals surface area contributed by atoms with E-state index in [9.17, 15) is 9.59 Å². The molecule has 19 heavy (non-hydrogen) atoms. The summed E-state index contributed by atoms with van der Waals surface area (Å²) >= 11 is 0. The monoisotopic (exact) mass is 268 g/mol. The van der Waals surface area contributed by atoms with Gasteiger partial charge in [0.2, 0.25) is 0 Å². The van der Waals surface area contributed by atoms with Gasteiger partial charge >= 0.3 is 12.0 Å². The maximum absolute atomic E-state index is 12.2. The molecule has 1 heterocycles. The molecule has 108 valence electrons. The first-order valence-electron chi connectivity index (χ1n) is 7.34. The number of carboxylic acids is 1. The van der Waals surface area contributed by atoms with Crippen LogP contribution in [0.15, 0.2) is 0 Å². The van der Waals surface area contributed by atoms with E-state index in [1.165, 1.54) is 6.42 Å². The fraction of sp³-hybridized carbons (Fsp3) is 0.857. The van der Waals surface area contributed by atoms with Crippen LogP contribution in [0.2, 0.25) is 0 Å². The minimum Gasteiger partial charge on any atom is -0.481 e. The number of piperidine rings is 1. The molecule has 1 aliphatic heterocycles. The molecule has 0 aromatic rings. The Kier molecular flexibility index (Phi) is 4.66. The van der Waals surface area contributed by atoms with Crippen LogP contribution in [0.1, 0.15) is 45.4 Å². The molecule has 1 aliphatic carbocycles. The van der Waals surface area contributed by atoms with Crippen LogP contribution < -0.4 is 5.32 Å². The van der Waals surface area contributed by atoms with Gasteiger partial charge in [0.1, 0.15) is 0 Å². The molecule has 1 saturated heterocycles. The Morgan fingerprint density at radius 1 is 1.21 bits per heavy atom. The largest absolute Gasteiger partial charge is 0.481 e. The van der Waals surface area contributed by atoms with Gasteiger partial charge in [0.05, 0.1) is 5.92 Å². The first-order valence-corrected chi connectivity index (χ1v) is 7.34. The molecular formula is C14H24N2O3. The van der Waals surface area contributed by atoms with Crippen molar-refractivity contribution in [2.45, 2.75) is 51.5 Å². The highest BCUT2D eigenvalue weighted by molar-refractivity contribution is 5.75. The minimum absolute atomic E-state index is 0.0115. The number of aliphatic carboxylic acids is 1. The number of carbonyl (C=O) groups is 2. The number of nitrogens with one attached hydrogen (secondary N) is 1. The fourth-order valence-corrected chi connectivity index (χ4v) is 3.18. The van der Waals surface area contributed by atoms with Crippen molar-refractivity contribution in [2.75, 3.05) is 13.1 Å². The predicted octanol–water partition coefficient (Wildman–Crippen LogP) is 2.07. The molecule has 2 N–H and O–H groups in total. The molecule has 5 nitrogen and oxygen atoms in total. The van der Waals surface area contributed by atoms with E-state index in [-0.39, 0.29) is 18.0 Å². The molecule has 1 saturated carbocycles. The fourth-order valence-electron chi connectivity index (χ4n) is 3.18. The van der Waals surface area contributed by atoms with E-state index in [0.717, 1.165) is 38.8 Å². The van der Waals surface area contributed by atoms with Crippen molar-refractivity contribution in [3.63, 3.8) is 0 Å². The SMILES string of the molecule is CC1CCCN(C(=O)NC2CCCC(C(=O)O)C2)C1.